The summed E-state index contributed by atoms with van der Waals surface area (Å²) >= 11 is 1.41. The first-order valence-electron chi connectivity index (χ1n) is 6.96. The molecule has 0 fully saturated rings. The van der Waals surface area contributed by atoms with Crippen LogP contribution in [0.5, 0.6) is 5.75 Å². The zero-order chi connectivity index (χ0) is 15.4. The number of rotatable bonds is 5. The Balaban J connectivity index is 1.74. The number of aromatic nitrogens is 1. The summed E-state index contributed by atoms with van der Waals surface area (Å²) in [4.78, 5) is 17.2. The minimum Gasteiger partial charge on any atom is -0.489 e. The Hall–Kier alpha value is -2.46. The lowest BCUT2D eigenvalue weighted by molar-refractivity contribution is 0.104. The fourth-order valence-electron chi connectivity index (χ4n) is 2.08. The number of hydrogen-bond acceptors (Lipinski definition) is 4. The molecule has 2 aromatic carbocycles. The number of carbonyl (C=O) groups excluding carboxylic acids is 1. The van der Waals surface area contributed by atoms with Gasteiger partial charge in [0.1, 0.15) is 12.4 Å². The highest BCUT2D eigenvalue weighted by Crippen LogP contribution is 2.20. The van der Waals surface area contributed by atoms with Crippen LogP contribution in [0.15, 0.2) is 60.8 Å². The molecule has 1 aromatic heterocycles. The van der Waals surface area contributed by atoms with Gasteiger partial charge in [0.05, 0.1) is 9.88 Å². The van der Waals surface area contributed by atoms with Crippen molar-refractivity contribution in [3.63, 3.8) is 0 Å². The van der Waals surface area contributed by atoms with E-state index in [-0.39, 0.29) is 5.78 Å². The molecule has 0 saturated carbocycles. The number of benzene rings is 2. The minimum absolute atomic E-state index is 0.0178. The lowest BCUT2D eigenvalue weighted by atomic mass is 10.1. The second-order valence-corrected chi connectivity index (χ2v) is 6.11. The van der Waals surface area contributed by atoms with Gasteiger partial charge in [-0.15, -0.1) is 11.3 Å². The van der Waals surface area contributed by atoms with Crippen molar-refractivity contribution in [2.24, 2.45) is 0 Å². The Kier molecular flexibility index (Phi) is 4.30. The van der Waals surface area contributed by atoms with Crippen LogP contribution in [0.4, 0.5) is 0 Å². The molecular weight excluding hydrogens is 294 g/mol. The van der Waals surface area contributed by atoms with E-state index in [1.54, 1.807) is 18.3 Å². The zero-order valence-corrected chi connectivity index (χ0v) is 13.0. The van der Waals surface area contributed by atoms with Gasteiger partial charge in [0, 0.05) is 11.8 Å². The number of carbonyl (C=O) groups is 1. The average Bonchev–Trinajstić information content (AvgIpc) is 3.00. The van der Waals surface area contributed by atoms with Crippen molar-refractivity contribution >= 4 is 17.1 Å². The molecule has 110 valence electrons. The third-order valence-electron chi connectivity index (χ3n) is 3.19. The molecule has 0 atom stereocenters. The van der Waals surface area contributed by atoms with Gasteiger partial charge in [-0.25, -0.2) is 4.98 Å². The Morgan fingerprint density at radius 2 is 1.95 bits per heavy atom. The van der Waals surface area contributed by atoms with Crippen molar-refractivity contribution in [2.75, 3.05) is 0 Å². The summed E-state index contributed by atoms with van der Waals surface area (Å²) in [7, 11) is 0. The Bertz CT molecular complexity index is 781. The molecule has 0 saturated heterocycles. The average molecular weight is 309 g/mol. The van der Waals surface area contributed by atoms with Crippen molar-refractivity contribution in [2.45, 2.75) is 13.5 Å². The maximum Gasteiger partial charge on any atom is 0.204 e. The van der Waals surface area contributed by atoms with Gasteiger partial charge in [0.15, 0.2) is 0 Å². The highest BCUT2D eigenvalue weighted by molar-refractivity contribution is 7.13. The number of ketones is 1. The molecule has 0 unspecified atom stereocenters. The molecule has 1 heterocycles. The molecule has 0 aliphatic carbocycles. The van der Waals surface area contributed by atoms with Crippen LogP contribution >= 0.6 is 11.3 Å². The van der Waals surface area contributed by atoms with Crippen LogP contribution in [0.3, 0.4) is 0 Å². The smallest absolute Gasteiger partial charge is 0.204 e. The second-order valence-electron chi connectivity index (χ2n) is 4.87. The van der Waals surface area contributed by atoms with E-state index >= 15 is 0 Å². The van der Waals surface area contributed by atoms with E-state index in [4.69, 9.17) is 4.74 Å². The molecule has 0 aliphatic heterocycles. The predicted octanol–water partition coefficient (Wildman–Crippen LogP) is 4.26. The van der Waals surface area contributed by atoms with Crippen molar-refractivity contribution in [3.05, 3.63) is 81.8 Å². The van der Waals surface area contributed by atoms with Crippen LogP contribution in [0.25, 0.3) is 0 Å². The minimum atomic E-state index is -0.0178. The van der Waals surface area contributed by atoms with E-state index in [1.807, 2.05) is 49.4 Å². The van der Waals surface area contributed by atoms with Crippen LogP contribution < -0.4 is 4.74 Å². The SMILES string of the molecule is Cc1ncc(C(=O)c2cccc(OCc3ccccc3)c2)s1. The standard InChI is InChI=1S/C18H15NO2S/c1-13-19-11-17(22-13)18(20)15-8-5-9-16(10-15)21-12-14-6-3-2-4-7-14/h2-11H,12H2,1H3. The van der Waals surface area contributed by atoms with Gasteiger partial charge in [-0.05, 0) is 24.6 Å². The van der Waals surface area contributed by atoms with Crippen LogP contribution in [0.2, 0.25) is 0 Å². The highest BCUT2D eigenvalue weighted by atomic mass is 32.1. The van der Waals surface area contributed by atoms with E-state index in [1.165, 1.54) is 11.3 Å². The van der Waals surface area contributed by atoms with E-state index in [9.17, 15) is 4.79 Å². The topological polar surface area (TPSA) is 39.2 Å². The molecule has 0 spiro atoms. The largest absolute Gasteiger partial charge is 0.489 e. The van der Waals surface area contributed by atoms with Crippen molar-refractivity contribution in [3.8, 4) is 5.75 Å². The van der Waals surface area contributed by atoms with Crippen molar-refractivity contribution < 1.29 is 9.53 Å². The van der Waals surface area contributed by atoms with Gasteiger partial charge in [-0.3, -0.25) is 4.79 Å². The number of aryl methyl sites for hydroxylation is 1. The zero-order valence-electron chi connectivity index (χ0n) is 12.2. The van der Waals surface area contributed by atoms with Crippen LogP contribution in [-0.4, -0.2) is 10.8 Å². The molecule has 0 aliphatic rings. The summed E-state index contributed by atoms with van der Waals surface area (Å²) in [6.45, 7) is 2.37. The fourth-order valence-corrected chi connectivity index (χ4v) is 2.82. The van der Waals surface area contributed by atoms with Gasteiger partial charge < -0.3 is 4.74 Å². The summed E-state index contributed by atoms with van der Waals surface area (Å²) in [6, 6.07) is 17.2. The fraction of sp³-hybridized carbons (Fsp3) is 0.111. The molecule has 3 aromatic rings. The molecule has 3 nitrogen and oxygen atoms in total. The molecular formula is C18H15NO2S. The number of nitrogens with zero attached hydrogens (tertiary/aromatic N) is 1. The number of thiazole rings is 1. The van der Waals surface area contributed by atoms with Gasteiger partial charge in [-0.1, -0.05) is 42.5 Å². The summed E-state index contributed by atoms with van der Waals surface area (Å²) in [5.41, 5.74) is 1.71. The second kappa shape index (κ2) is 6.54. The first-order valence-corrected chi connectivity index (χ1v) is 7.78. The summed E-state index contributed by atoms with van der Waals surface area (Å²) < 4.78 is 5.76. The molecule has 22 heavy (non-hydrogen) atoms. The Labute approximate surface area is 133 Å². The molecule has 3 rings (SSSR count). The monoisotopic (exact) mass is 309 g/mol. The molecule has 0 amide bonds. The van der Waals surface area contributed by atoms with E-state index in [0.29, 0.717) is 22.8 Å². The van der Waals surface area contributed by atoms with Crippen molar-refractivity contribution in [1.82, 2.24) is 4.98 Å². The van der Waals surface area contributed by atoms with Crippen molar-refractivity contribution in [1.29, 1.82) is 0 Å². The van der Waals surface area contributed by atoms with Gasteiger partial charge in [0.2, 0.25) is 5.78 Å². The first-order chi connectivity index (χ1) is 10.7. The van der Waals surface area contributed by atoms with Gasteiger partial charge in [0.25, 0.3) is 0 Å². The van der Waals surface area contributed by atoms with E-state index in [2.05, 4.69) is 4.98 Å². The number of ether oxygens (including phenoxy) is 1. The quantitative estimate of drug-likeness (QED) is 0.661. The lowest BCUT2D eigenvalue weighted by Crippen LogP contribution is -2.00. The lowest BCUT2D eigenvalue weighted by Gasteiger charge is -2.07. The summed E-state index contributed by atoms with van der Waals surface area (Å²) in [5, 5.41) is 0.889. The van der Waals surface area contributed by atoms with Crippen LogP contribution in [-0.2, 0) is 6.61 Å². The molecule has 0 bridgehead atoms. The Morgan fingerprint density at radius 1 is 1.14 bits per heavy atom. The predicted molar refractivity (Wildman–Crippen MR) is 87.5 cm³/mol. The molecule has 4 heteroatoms. The normalized spacial score (nSPS) is 10.4. The van der Waals surface area contributed by atoms with E-state index < -0.39 is 0 Å². The molecule has 0 radical (unpaired) electrons. The number of hydrogen-bond donors (Lipinski definition) is 0. The highest BCUT2D eigenvalue weighted by Gasteiger charge is 2.12. The first kappa shape index (κ1) is 14.5. The third kappa shape index (κ3) is 3.40. The van der Waals surface area contributed by atoms with Crippen LogP contribution in [0, 0.1) is 6.92 Å². The van der Waals surface area contributed by atoms with Gasteiger partial charge >= 0.3 is 0 Å². The maximum atomic E-state index is 12.4. The summed E-state index contributed by atoms with van der Waals surface area (Å²) in [5.74, 6) is 0.673. The molecule has 0 N–H and O–H groups in total. The van der Waals surface area contributed by atoms with Crippen LogP contribution in [0.1, 0.15) is 25.8 Å². The maximum absolute atomic E-state index is 12.4. The summed E-state index contributed by atoms with van der Waals surface area (Å²) in [6.07, 6.45) is 1.62. The Morgan fingerprint density at radius 3 is 2.68 bits per heavy atom. The van der Waals surface area contributed by atoms with Gasteiger partial charge in [-0.2, -0.15) is 0 Å². The van der Waals surface area contributed by atoms with E-state index in [0.717, 1.165) is 10.6 Å². The third-order valence-corrected chi connectivity index (χ3v) is 4.10.